The standard InChI is InChI=1S/C15H29N3OS/c1-2-16-14(17-10-13-6-4-3-5-7-13)18-11-15(19)8-9-20-12-15/h13,19H,2-12H2,1H3,(H2,16,17,18). The van der Waals surface area contributed by atoms with Crippen LogP contribution in [0.25, 0.3) is 0 Å². The molecule has 0 spiro atoms. The second-order valence-electron chi connectivity index (χ2n) is 6.11. The topological polar surface area (TPSA) is 56.7 Å². The van der Waals surface area contributed by atoms with Crippen LogP contribution >= 0.6 is 11.8 Å². The molecule has 5 heteroatoms. The second kappa shape index (κ2) is 8.13. The zero-order valence-corrected chi connectivity index (χ0v) is 13.5. The molecule has 1 aliphatic carbocycles. The van der Waals surface area contributed by atoms with E-state index in [-0.39, 0.29) is 0 Å². The van der Waals surface area contributed by atoms with Crippen LogP contribution in [0.2, 0.25) is 0 Å². The van der Waals surface area contributed by atoms with Crippen molar-refractivity contribution in [1.29, 1.82) is 0 Å². The molecule has 0 radical (unpaired) electrons. The van der Waals surface area contributed by atoms with Crippen LogP contribution in [0.1, 0.15) is 45.4 Å². The molecule has 0 aromatic heterocycles. The number of aliphatic imine (C=N–C) groups is 1. The van der Waals surface area contributed by atoms with Gasteiger partial charge in [-0.1, -0.05) is 19.3 Å². The quantitative estimate of drug-likeness (QED) is 0.537. The van der Waals surface area contributed by atoms with Crippen molar-refractivity contribution in [2.24, 2.45) is 10.9 Å². The lowest BCUT2D eigenvalue weighted by atomic mass is 9.89. The number of aliphatic hydroxyl groups is 1. The molecule has 2 rings (SSSR count). The summed E-state index contributed by atoms with van der Waals surface area (Å²) in [4.78, 5) is 4.58. The maximum atomic E-state index is 10.3. The molecule has 2 fully saturated rings. The Morgan fingerprint density at radius 2 is 2.10 bits per heavy atom. The van der Waals surface area contributed by atoms with Crippen molar-refractivity contribution in [3.05, 3.63) is 0 Å². The minimum Gasteiger partial charge on any atom is -0.387 e. The molecule has 0 bridgehead atoms. The summed E-state index contributed by atoms with van der Waals surface area (Å²) in [7, 11) is 0. The number of hydrogen-bond acceptors (Lipinski definition) is 3. The van der Waals surface area contributed by atoms with Gasteiger partial charge in [-0.3, -0.25) is 4.99 Å². The van der Waals surface area contributed by atoms with Gasteiger partial charge in [-0.05, 0) is 37.9 Å². The number of nitrogens with one attached hydrogen (secondary N) is 2. The van der Waals surface area contributed by atoms with Gasteiger partial charge >= 0.3 is 0 Å². The first-order chi connectivity index (χ1) is 9.72. The van der Waals surface area contributed by atoms with Gasteiger partial charge in [0.2, 0.25) is 0 Å². The first kappa shape index (κ1) is 16.0. The maximum Gasteiger partial charge on any atom is 0.191 e. The molecule has 2 aliphatic rings. The summed E-state index contributed by atoms with van der Waals surface area (Å²) in [6.07, 6.45) is 7.69. The van der Waals surface area contributed by atoms with Gasteiger partial charge in [0, 0.05) is 18.8 Å². The van der Waals surface area contributed by atoms with Gasteiger partial charge in [-0.25, -0.2) is 0 Å². The zero-order valence-electron chi connectivity index (χ0n) is 12.7. The van der Waals surface area contributed by atoms with Crippen molar-refractivity contribution < 1.29 is 5.11 Å². The zero-order chi connectivity index (χ0) is 14.3. The van der Waals surface area contributed by atoms with Gasteiger partial charge in [-0.15, -0.1) is 0 Å². The minimum atomic E-state index is -0.585. The van der Waals surface area contributed by atoms with Crippen LogP contribution in [0.4, 0.5) is 0 Å². The summed E-state index contributed by atoms with van der Waals surface area (Å²) in [6.45, 7) is 4.47. The van der Waals surface area contributed by atoms with Gasteiger partial charge < -0.3 is 15.7 Å². The van der Waals surface area contributed by atoms with Gasteiger partial charge in [0.25, 0.3) is 0 Å². The van der Waals surface area contributed by atoms with Gasteiger partial charge in [-0.2, -0.15) is 11.8 Å². The van der Waals surface area contributed by atoms with E-state index in [0.717, 1.165) is 42.9 Å². The molecule has 4 nitrogen and oxygen atoms in total. The van der Waals surface area contributed by atoms with E-state index in [4.69, 9.17) is 0 Å². The molecule has 1 atom stereocenters. The molecule has 1 unspecified atom stereocenters. The lowest BCUT2D eigenvalue weighted by Gasteiger charge is -2.24. The van der Waals surface area contributed by atoms with Gasteiger partial charge in [0.1, 0.15) is 0 Å². The highest BCUT2D eigenvalue weighted by molar-refractivity contribution is 7.99. The van der Waals surface area contributed by atoms with E-state index in [9.17, 15) is 5.11 Å². The van der Waals surface area contributed by atoms with E-state index in [1.165, 1.54) is 32.1 Å². The largest absolute Gasteiger partial charge is 0.387 e. The monoisotopic (exact) mass is 299 g/mol. The minimum absolute atomic E-state index is 0.514. The molecular weight excluding hydrogens is 270 g/mol. The predicted molar refractivity (Wildman–Crippen MR) is 87.4 cm³/mol. The highest BCUT2D eigenvalue weighted by Crippen LogP contribution is 2.27. The maximum absolute atomic E-state index is 10.3. The number of guanidine groups is 1. The van der Waals surface area contributed by atoms with E-state index in [2.05, 4.69) is 22.5 Å². The molecule has 116 valence electrons. The molecule has 1 saturated heterocycles. The van der Waals surface area contributed by atoms with E-state index < -0.39 is 5.60 Å². The fourth-order valence-corrected chi connectivity index (χ4v) is 4.21. The number of hydrogen-bond donors (Lipinski definition) is 3. The Kier molecular flexibility index (Phi) is 6.49. The molecule has 20 heavy (non-hydrogen) atoms. The third kappa shape index (κ3) is 5.17. The lowest BCUT2D eigenvalue weighted by molar-refractivity contribution is 0.0778. The van der Waals surface area contributed by atoms with Crippen LogP contribution in [0.3, 0.4) is 0 Å². The third-order valence-electron chi connectivity index (χ3n) is 4.24. The van der Waals surface area contributed by atoms with Crippen molar-refractivity contribution in [2.45, 2.75) is 51.0 Å². The Labute approximate surface area is 127 Å². The summed E-state index contributed by atoms with van der Waals surface area (Å²) in [5.74, 6) is 3.53. The Bertz CT molecular complexity index is 310. The average Bonchev–Trinajstić information content (AvgIpc) is 2.90. The fourth-order valence-electron chi connectivity index (χ4n) is 2.92. The summed E-state index contributed by atoms with van der Waals surface area (Å²) in [5, 5.41) is 17.1. The third-order valence-corrected chi connectivity index (χ3v) is 5.48. The molecule has 0 aromatic carbocycles. The molecule has 0 aromatic rings. The molecule has 0 amide bonds. The van der Waals surface area contributed by atoms with Gasteiger partial charge in [0.15, 0.2) is 5.96 Å². The van der Waals surface area contributed by atoms with E-state index in [0.29, 0.717) is 6.54 Å². The van der Waals surface area contributed by atoms with Crippen LogP contribution < -0.4 is 10.6 Å². The van der Waals surface area contributed by atoms with Crippen molar-refractivity contribution >= 4 is 17.7 Å². The Balaban J connectivity index is 1.78. The predicted octanol–water partition coefficient (Wildman–Crippen LogP) is 1.99. The summed E-state index contributed by atoms with van der Waals surface area (Å²) >= 11 is 1.82. The number of rotatable bonds is 5. The Morgan fingerprint density at radius 1 is 1.30 bits per heavy atom. The second-order valence-corrected chi connectivity index (χ2v) is 7.21. The molecule has 3 N–H and O–H groups in total. The van der Waals surface area contributed by atoms with Crippen LogP contribution in [0.5, 0.6) is 0 Å². The summed E-state index contributed by atoms with van der Waals surface area (Å²) < 4.78 is 0. The normalized spacial score (nSPS) is 28.6. The van der Waals surface area contributed by atoms with Crippen LogP contribution in [0, 0.1) is 5.92 Å². The first-order valence-electron chi connectivity index (χ1n) is 8.04. The van der Waals surface area contributed by atoms with Crippen molar-refractivity contribution in [3.8, 4) is 0 Å². The number of nitrogens with zero attached hydrogens (tertiary/aromatic N) is 1. The van der Waals surface area contributed by atoms with Crippen LogP contribution in [-0.2, 0) is 0 Å². The first-order valence-corrected chi connectivity index (χ1v) is 9.20. The van der Waals surface area contributed by atoms with Gasteiger partial charge in [0.05, 0.1) is 12.1 Å². The molecule has 1 saturated carbocycles. The fraction of sp³-hybridized carbons (Fsp3) is 0.933. The molecular formula is C15H29N3OS. The molecule has 1 aliphatic heterocycles. The van der Waals surface area contributed by atoms with Crippen molar-refractivity contribution in [1.82, 2.24) is 10.6 Å². The van der Waals surface area contributed by atoms with Crippen molar-refractivity contribution in [2.75, 3.05) is 31.1 Å². The summed E-state index contributed by atoms with van der Waals surface area (Å²) in [5.41, 5.74) is -0.585. The Hall–Kier alpha value is -0.420. The highest BCUT2D eigenvalue weighted by atomic mass is 32.2. The van der Waals surface area contributed by atoms with E-state index >= 15 is 0 Å². The number of thioether (sulfide) groups is 1. The van der Waals surface area contributed by atoms with Crippen molar-refractivity contribution in [3.63, 3.8) is 0 Å². The Morgan fingerprint density at radius 3 is 2.75 bits per heavy atom. The van der Waals surface area contributed by atoms with E-state index in [1.807, 2.05) is 11.8 Å². The lowest BCUT2D eigenvalue weighted by Crippen LogP contribution is -2.42. The summed E-state index contributed by atoms with van der Waals surface area (Å²) in [6, 6.07) is 0. The highest BCUT2D eigenvalue weighted by Gasteiger charge is 2.31. The van der Waals surface area contributed by atoms with Crippen LogP contribution in [0.15, 0.2) is 4.99 Å². The average molecular weight is 299 g/mol. The van der Waals surface area contributed by atoms with E-state index in [1.54, 1.807) is 0 Å². The smallest absolute Gasteiger partial charge is 0.191 e. The molecule has 1 heterocycles. The SMILES string of the molecule is CCNC(=NCC1(O)CCSC1)NCC1CCCCC1. The van der Waals surface area contributed by atoms with Crippen LogP contribution in [-0.4, -0.2) is 47.8 Å².